The Balaban J connectivity index is 1.86. The lowest BCUT2D eigenvalue weighted by Gasteiger charge is -2.21. The lowest BCUT2D eigenvalue weighted by molar-refractivity contribution is -0.131. The molecule has 1 aliphatic heterocycles. The second-order valence-corrected chi connectivity index (χ2v) is 5.56. The van der Waals surface area contributed by atoms with Crippen molar-refractivity contribution in [2.24, 2.45) is 5.10 Å². The Kier molecular flexibility index (Phi) is 4.04. The smallest absolute Gasteiger partial charge is 0.346 e. The van der Waals surface area contributed by atoms with Gasteiger partial charge in [-0.05, 0) is 30.2 Å². The SMILES string of the molecule is COc1ccc(C2(C)NC(=O)N(/N=C/c3ccccc3)C2=O)cc1. The molecule has 3 amide bonds. The zero-order valence-corrected chi connectivity index (χ0v) is 13.4. The highest BCUT2D eigenvalue weighted by Crippen LogP contribution is 2.30. The fraction of sp³-hybridized carbons (Fsp3) is 0.167. The first-order chi connectivity index (χ1) is 11.5. The Bertz CT molecular complexity index is 787. The molecule has 3 rings (SSSR count). The van der Waals surface area contributed by atoms with Crippen LogP contribution in [0.3, 0.4) is 0 Å². The maximum Gasteiger partial charge on any atom is 0.346 e. The van der Waals surface area contributed by atoms with Crippen LogP contribution in [0.15, 0.2) is 59.7 Å². The Morgan fingerprint density at radius 1 is 1.08 bits per heavy atom. The molecule has 24 heavy (non-hydrogen) atoms. The van der Waals surface area contributed by atoms with Crippen molar-refractivity contribution < 1.29 is 14.3 Å². The van der Waals surface area contributed by atoms with E-state index in [-0.39, 0.29) is 0 Å². The predicted molar refractivity (Wildman–Crippen MR) is 89.8 cm³/mol. The second-order valence-electron chi connectivity index (χ2n) is 5.56. The van der Waals surface area contributed by atoms with Gasteiger partial charge in [0.2, 0.25) is 0 Å². The van der Waals surface area contributed by atoms with Crippen LogP contribution in [-0.2, 0) is 10.3 Å². The lowest BCUT2D eigenvalue weighted by atomic mass is 9.92. The number of hydrogen-bond donors (Lipinski definition) is 1. The lowest BCUT2D eigenvalue weighted by Crippen LogP contribution is -2.40. The van der Waals surface area contributed by atoms with Crippen LogP contribution < -0.4 is 10.1 Å². The molecule has 0 radical (unpaired) electrons. The van der Waals surface area contributed by atoms with Crippen molar-refractivity contribution in [2.45, 2.75) is 12.5 Å². The van der Waals surface area contributed by atoms with E-state index in [0.29, 0.717) is 11.3 Å². The fourth-order valence-corrected chi connectivity index (χ4v) is 2.51. The van der Waals surface area contributed by atoms with Crippen molar-refractivity contribution in [2.75, 3.05) is 7.11 Å². The number of imide groups is 1. The van der Waals surface area contributed by atoms with Gasteiger partial charge in [0.1, 0.15) is 11.3 Å². The molecule has 0 bridgehead atoms. The molecule has 1 saturated heterocycles. The molecule has 2 aromatic carbocycles. The Labute approximate surface area is 139 Å². The van der Waals surface area contributed by atoms with Crippen LogP contribution in [0.4, 0.5) is 4.79 Å². The van der Waals surface area contributed by atoms with Crippen molar-refractivity contribution in [1.29, 1.82) is 0 Å². The average molecular weight is 323 g/mol. The van der Waals surface area contributed by atoms with Crippen molar-refractivity contribution in [3.05, 3.63) is 65.7 Å². The topological polar surface area (TPSA) is 71.0 Å². The van der Waals surface area contributed by atoms with Crippen LogP contribution in [0.5, 0.6) is 5.75 Å². The van der Waals surface area contributed by atoms with E-state index in [4.69, 9.17) is 4.74 Å². The summed E-state index contributed by atoms with van der Waals surface area (Å²) in [5.74, 6) is 0.253. The minimum atomic E-state index is -1.16. The number of benzene rings is 2. The maximum absolute atomic E-state index is 12.7. The molecule has 1 heterocycles. The van der Waals surface area contributed by atoms with Gasteiger partial charge in [-0.15, -0.1) is 5.01 Å². The van der Waals surface area contributed by atoms with E-state index in [1.165, 1.54) is 6.21 Å². The normalized spacial score (nSPS) is 20.5. The number of carbonyl (C=O) groups is 2. The van der Waals surface area contributed by atoms with E-state index in [1.807, 2.05) is 30.3 Å². The minimum absolute atomic E-state index is 0.426. The zero-order valence-electron chi connectivity index (χ0n) is 13.4. The third kappa shape index (κ3) is 2.74. The number of ether oxygens (including phenoxy) is 1. The number of nitrogens with zero attached hydrogens (tertiary/aromatic N) is 2. The Morgan fingerprint density at radius 3 is 2.38 bits per heavy atom. The van der Waals surface area contributed by atoms with Gasteiger partial charge in [0.15, 0.2) is 0 Å². The summed E-state index contributed by atoms with van der Waals surface area (Å²) in [7, 11) is 1.57. The first-order valence-electron chi connectivity index (χ1n) is 7.45. The van der Waals surface area contributed by atoms with E-state index in [9.17, 15) is 9.59 Å². The Hall–Kier alpha value is -3.15. The van der Waals surface area contributed by atoms with Crippen LogP contribution >= 0.6 is 0 Å². The number of rotatable bonds is 4. The second kappa shape index (κ2) is 6.16. The monoisotopic (exact) mass is 323 g/mol. The molecule has 1 atom stereocenters. The van der Waals surface area contributed by atoms with Gasteiger partial charge in [0.05, 0.1) is 13.3 Å². The number of urea groups is 1. The highest BCUT2D eigenvalue weighted by Gasteiger charge is 2.49. The quantitative estimate of drug-likeness (QED) is 0.694. The van der Waals surface area contributed by atoms with E-state index < -0.39 is 17.5 Å². The average Bonchev–Trinajstić information content (AvgIpc) is 2.84. The number of methoxy groups -OCH3 is 1. The summed E-state index contributed by atoms with van der Waals surface area (Å²) in [6, 6.07) is 15.7. The molecule has 6 heteroatoms. The molecule has 1 unspecified atom stereocenters. The number of nitrogens with one attached hydrogen (secondary N) is 1. The van der Waals surface area contributed by atoms with Crippen LogP contribution in [0.1, 0.15) is 18.1 Å². The van der Waals surface area contributed by atoms with E-state index in [0.717, 1.165) is 10.6 Å². The summed E-state index contributed by atoms with van der Waals surface area (Å²) < 4.78 is 5.12. The first-order valence-corrected chi connectivity index (χ1v) is 7.45. The van der Waals surface area contributed by atoms with Crippen LogP contribution in [0.25, 0.3) is 0 Å². The largest absolute Gasteiger partial charge is 0.497 e. The molecule has 0 aromatic heterocycles. The van der Waals surface area contributed by atoms with Crippen molar-refractivity contribution in [3.8, 4) is 5.75 Å². The van der Waals surface area contributed by atoms with Gasteiger partial charge >= 0.3 is 6.03 Å². The summed E-state index contributed by atoms with van der Waals surface area (Å²) in [5, 5.41) is 7.59. The van der Waals surface area contributed by atoms with Crippen LogP contribution in [-0.4, -0.2) is 30.3 Å². The number of hydrogen-bond acceptors (Lipinski definition) is 4. The Morgan fingerprint density at radius 2 is 1.75 bits per heavy atom. The standard InChI is InChI=1S/C18H17N3O3/c1-18(14-8-10-15(24-2)11-9-14)16(22)21(17(23)20-18)19-12-13-6-4-3-5-7-13/h3-12H,1-2H3,(H,20,23)/b19-12+. The summed E-state index contributed by atoms with van der Waals surface area (Å²) >= 11 is 0. The number of amides is 3. The van der Waals surface area contributed by atoms with Gasteiger partial charge in [-0.2, -0.15) is 5.10 Å². The number of carbonyl (C=O) groups excluding carboxylic acids is 2. The minimum Gasteiger partial charge on any atom is -0.497 e. The molecule has 1 fully saturated rings. The van der Waals surface area contributed by atoms with Crippen molar-refractivity contribution in [3.63, 3.8) is 0 Å². The number of hydrazone groups is 1. The molecule has 0 spiro atoms. The van der Waals surface area contributed by atoms with Gasteiger partial charge in [0, 0.05) is 0 Å². The zero-order chi connectivity index (χ0) is 17.2. The van der Waals surface area contributed by atoms with E-state index in [2.05, 4.69) is 10.4 Å². The van der Waals surface area contributed by atoms with Crippen molar-refractivity contribution in [1.82, 2.24) is 10.3 Å². The van der Waals surface area contributed by atoms with E-state index >= 15 is 0 Å². The highest BCUT2D eigenvalue weighted by atomic mass is 16.5. The first kappa shape index (κ1) is 15.7. The molecular weight excluding hydrogens is 306 g/mol. The summed E-state index contributed by atoms with van der Waals surface area (Å²) in [5.41, 5.74) is 0.312. The molecular formula is C18H17N3O3. The molecule has 6 nitrogen and oxygen atoms in total. The third-order valence-electron chi connectivity index (χ3n) is 3.96. The summed E-state index contributed by atoms with van der Waals surface area (Å²) in [6.07, 6.45) is 1.48. The summed E-state index contributed by atoms with van der Waals surface area (Å²) in [6.45, 7) is 1.66. The molecule has 0 saturated carbocycles. The van der Waals surface area contributed by atoms with Gasteiger partial charge in [-0.25, -0.2) is 4.79 Å². The fourth-order valence-electron chi connectivity index (χ4n) is 2.51. The van der Waals surface area contributed by atoms with Gasteiger partial charge in [-0.1, -0.05) is 42.5 Å². The predicted octanol–water partition coefficient (Wildman–Crippen LogP) is 2.50. The van der Waals surface area contributed by atoms with Crippen molar-refractivity contribution >= 4 is 18.2 Å². The van der Waals surface area contributed by atoms with Gasteiger partial charge in [-0.3, -0.25) is 4.79 Å². The molecule has 1 aliphatic rings. The van der Waals surface area contributed by atoms with Crippen LogP contribution in [0, 0.1) is 0 Å². The molecule has 1 N–H and O–H groups in total. The van der Waals surface area contributed by atoms with Gasteiger partial charge in [0.25, 0.3) is 5.91 Å². The van der Waals surface area contributed by atoms with Crippen LogP contribution in [0.2, 0.25) is 0 Å². The van der Waals surface area contributed by atoms with E-state index in [1.54, 1.807) is 38.3 Å². The van der Waals surface area contributed by atoms with Gasteiger partial charge < -0.3 is 10.1 Å². The molecule has 0 aliphatic carbocycles. The third-order valence-corrected chi connectivity index (χ3v) is 3.96. The molecule has 122 valence electrons. The summed E-state index contributed by atoms with van der Waals surface area (Å²) in [4.78, 5) is 24.9. The highest BCUT2D eigenvalue weighted by molar-refractivity contribution is 6.07. The molecule has 2 aromatic rings. The maximum atomic E-state index is 12.7.